The van der Waals surface area contributed by atoms with Gasteiger partial charge in [0.05, 0.1) is 23.3 Å². The average Bonchev–Trinajstić information content (AvgIpc) is 3.10. The smallest absolute Gasteiger partial charge is 0.0829 e. The Kier molecular flexibility index (Phi) is 4.51. The molecule has 1 aliphatic carbocycles. The first kappa shape index (κ1) is 16.2. The maximum Gasteiger partial charge on any atom is 0.0829 e. The normalized spacial score (nSPS) is 31.9. The minimum absolute atomic E-state index is 0.112. The third-order valence-corrected chi connectivity index (χ3v) is 5.06. The summed E-state index contributed by atoms with van der Waals surface area (Å²) in [5.74, 6) is 0.828. The van der Waals surface area contributed by atoms with Crippen LogP contribution < -0.4 is 5.73 Å². The summed E-state index contributed by atoms with van der Waals surface area (Å²) in [6, 6.07) is 0. The van der Waals surface area contributed by atoms with Gasteiger partial charge in [0.2, 0.25) is 0 Å². The second kappa shape index (κ2) is 5.56. The van der Waals surface area contributed by atoms with Crippen LogP contribution in [0.2, 0.25) is 0 Å². The van der Waals surface area contributed by atoms with Gasteiger partial charge in [-0.25, -0.2) is 0 Å². The molecule has 2 rings (SSSR count). The van der Waals surface area contributed by atoms with Crippen LogP contribution in [0.15, 0.2) is 0 Å². The van der Waals surface area contributed by atoms with Gasteiger partial charge in [-0.3, -0.25) is 4.90 Å². The van der Waals surface area contributed by atoms with E-state index in [0.29, 0.717) is 6.54 Å². The van der Waals surface area contributed by atoms with Gasteiger partial charge in [0.1, 0.15) is 0 Å². The van der Waals surface area contributed by atoms with Gasteiger partial charge in [-0.05, 0) is 59.9 Å². The lowest BCUT2D eigenvalue weighted by atomic mass is 9.77. The highest BCUT2D eigenvalue weighted by Gasteiger charge is 2.58. The predicted molar refractivity (Wildman–Crippen MR) is 81.8 cm³/mol. The van der Waals surface area contributed by atoms with Crippen molar-refractivity contribution >= 4 is 0 Å². The lowest BCUT2D eigenvalue weighted by Crippen LogP contribution is -2.62. The van der Waals surface area contributed by atoms with Crippen LogP contribution in [-0.4, -0.2) is 55.0 Å². The summed E-state index contributed by atoms with van der Waals surface area (Å²) in [6.07, 6.45) is 3.65. The molecule has 1 atom stereocenters. The molecule has 1 saturated carbocycles. The van der Waals surface area contributed by atoms with E-state index >= 15 is 0 Å². The Morgan fingerprint density at radius 2 is 1.90 bits per heavy atom. The molecule has 2 aliphatic rings. The van der Waals surface area contributed by atoms with Crippen LogP contribution in [0.25, 0.3) is 0 Å². The zero-order chi connectivity index (χ0) is 15.0. The van der Waals surface area contributed by atoms with Gasteiger partial charge in [-0.1, -0.05) is 0 Å². The molecule has 2 N–H and O–H groups in total. The topological polar surface area (TPSA) is 47.7 Å². The van der Waals surface area contributed by atoms with E-state index in [1.54, 1.807) is 0 Å². The number of nitrogens with zero attached hydrogens (tertiary/aromatic N) is 1. The molecule has 4 nitrogen and oxygen atoms in total. The Bertz CT molecular complexity index is 339. The van der Waals surface area contributed by atoms with E-state index in [2.05, 4.69) is 39.6 Å². The molecule has 0 radical (unpaired) electrons. The van der Waals surface area contributed by atoms with Crippen LogP contribution in [0.4, 0.5) is 0 Å². The van der Waals surface area contributed by atoms with Crippen molar-refractivity contribution < 1.29 is 9.47 Å². The lowest BCUT2D eigenvalue weighted by molar-refractivity contribution is -0.102. The van der Waals surface area contributed by atoms with Crippen molar-refractivity contribution in [1.29, 1.82) is 0 Å². The first-order chi connectivity index (χ1) is 9.22. The van der Waals surface area contributed by atoms with E-state index < -0.39 is 0 Å². The molecule has 20 heavy (non-hydrogen) atoms. The zero-order valence-corrected chi connectivity index (χ0v) is 13.9. The van der Waals surface area contributed by atoms with Crippen LogP contribution in [-0.2, 0) is 9.47 Å². The summed E-state index contributed by atoms with van der Waals surface area (Å²) in [6.45, 7) is 11.9. The molecule has 2 fully saturated rings. The van der Waals surface area contributed by atoms with Gasteiger partial charge < -0.3 is 15.2 Å². The number of rotatable bonds is 7. The van der Waals surface area contributed by atoms with E-state index in [0.717, 1.165) is 32.1 Å². The number of ether oxygens (including phenoxy) is 2. The van der Waals surface area contributed by atoms with Crippen molar-refractivity contribution in [3.05, 3.63) is 0 Å². The highest BCUT2D eigenvalue weighted by Crippen LogP contribution is 2.47. The monoisotopic (exact) mass is 284 g/mol. The average molecular weight is 284 g/mol. The highest BCUT2D eigenvalue weighted by atomic mass is 16.5. The standard InChI is InChI=1S/C16H32N2O2/c1-14(2)11-16(12-17,15(3,4)20-14)18(5)8-9-19-10-13-6-7-13/h13H,6-12,17H2,1-5H3. The Hall–Kier alpha value is -0.160. The van der Waals surface area contributed by atoms with Crippen LogP contribution in [0, 0.1) is 5.92 Å². The summed E-state index contributed by atoms with van der Waals surface area (Å²) in [5.41, 5.74) is 5.70. The van der Waals surface area contributed by atoms with E-state index in [-0.39, 0.29) is 16.7 Å². The third kappa shape index (κ3) is 3.19. The van der Waals surface area contributed by atoms with Gasteiger partial charge in [-0.2, -0.15) is 0 Å². The molecule has 0 aromatic carbocycles. The summed E-state index contributed by atoms with van der Waals surface area (Å²) < 4.78 is 12.0. The van der Waals surface area contributed by atoms with E-state index in [1.165, 1.54) is 12.8 Å². The molecule has 0 aromatic heterocycles. The van der Waals surface area contributed by atoms with Gasteiger partial charge in [0, 0.05) is 19.7 Å². The predicted octanol–water partition coefficient (Wildman–Crippen LogP) is 2.02. The minimum Gasteiger partial charge on any atom is -0.380 e. The van der Waals surface area contributed by atoms with Crippen molar-refractivity contribution in [3.8, 4) is 0 Å². The summed E-state index contributed by atoms with van der Waals surface area (Å²) in [7, 11) is 2.15. The van der Waals surface area contributed by atoms with E-state index in [9.17, 15) is 0 Å². The van der Waals surface area contributed by atoms with Crippen molar-refractivity contribution in [2.75, 3.05) is 33.4 Å². The third-order valence-electron chi connectivity index (χ3n) is 5.06. The van der Waals surface area contributed by atoms with E-state index in [4.69, 9.17) is 15.2 Å². The number of nitrogens with two attached hydrogens (primary N) is 1. The second-order valence-electron chi connectivity index (χ2n) is 7.72. The molecule has 1 aliphatic heterocycles. The maximum atomic E-state index is 6.26. The van der Waals surface area contributed by atoms with Crippen molar-refractivity contribution in [3.63, 3.8) is 0 Å². The summed E-state index contributed by atoms with van der Waals surface area (Å²) >= 11 is 0. The molecule has 0 bridgehead atoms. The largest absolute Gasteiger partial charge is 0.380 e. The Labute approximate surface area is 124 Å². The second-order valence-corrected chi connectivity index (χ2v) is 7.72. The zero-order valence-electron chi connectivity index (χ0n) is 13.9. The van der Waals surface area contributed by atoms with Crippen molar-refractivity contribution in [1.82, 2.24) is 4.90 Å². The lowest BCUT2D eigenvalue weighted by Gasteiger charge is -2.46. The number of likely N-dealkylation sites (N-methyl/N-ethyl adjacent to an activating group) is 1. The molecule has 1 unspecified atom stereocenters. The molecule has 118 valence electrons. The summed E-state index contributed by atoms with van der Waals surface area (Å²) in [5, 5.41) is 0. The maximum absolute atomic E-state index is 6.26. The SMILES string of the molecule is CN(CCOCC1CC1)C1(CN)CC(C)(C)OC1(C)C. The Morgan fingerprint density at radius 3 is 2.35 bits per heavy atom. The van der Waals surface area contributed by atoms with Crippen LogP contribution in [0.5, 0.6) is 0 Å². The Morgan fingerprint density at radius 1 is 1.25 bits per heavy atom. The molecule has 0 amide bonds. The van der Waals surface area contributed by atoms with Crippen LogP contribution >= 0.6 is 0 Å². The summed E-state index contributed by atoms with van der Waals surface area (Å²) in [4.78, 5) is 2.36. The van der Waals surface area contributed by atoms with Gasteiger partial charge in [-0.15, -0.1) is 0 Å². The molecular weight excluding hydrogens is 252 g/mol. The fourth-order valence-corrected chi connectivity index (χ4v) is 3.76. The highest BCUT2D eigenvalue weighted by molar-refractivity contribution is 5.12. The number of hydrogen-bond acceptors (Lipinski definition) is 4. The molecule has 1 saturated heterocycles. The molecule has 0 aromatic rings. The first-order valence-corrected chi connectivity index (χ1v) is 7.92. The van der Waals surface area contributed by atoms with Crippen molar-refractivity contribution in [2.45, 2.75) is 63.7 Å². The van der Waals surface area contributed by atoms with Crippen LogP contribution in [0.1, 0.15) is 47.0 Å². The molecule has 1 heterocycles. The molecule has 0 spiro atoms. The van der Waals surface area contributed by atoms with Crippen LogP contribution in [0.3, 0.4) is 0 Å². The Balaban J connectivity index is 1.94. The van der Waals surface area contributed by atoms with Gasteiger partial charge in [0.15, 0.2) is 0 Å². The number of hydrogen-bond donors (Lipinski definition) is 1. The van der Waals surface area contributed by atoms with Gasteiger partial charge >= 0.3 is 0 Å². The fraction of sp³-hybridized carbons (Fsp3) is 1.00. The molecule has 4 heteroatoms. The quantitative estimate of drug-likeness (QED) is 0.727. The first-order valence-electron chi connectivity index (χ1n) is 7.92. The van der Waals surface area contributed by atoms with Crippen molar-refractivity contribution in [2.24, 2.45) is 11.7 Å². The molecular formula is C16H32N2O2. The fourth-order valence-electron chi connectivity index (χ4n) is 3.76. The van der Waals surface area contributed by atoms with E-state index in [1.807, 2.05) is 0 Å². The van der Waals surface area contributed by atoms with Gasteiger partial charge in [0.25, 0.3) is 0 Å². The minimum atomic E-state index is -0.240.